The van der Waals surface area contributed by atoms with E-state index in [2.05, 4.69) is 22.9 Å². The Labute approximate surface area is 221 Å². The standard InChI is InChI=1S/C29H45N3O5/c1-5-6-7-8-9-13-16-23-19-26(33)31-24(18-22-14-11-10-12-15-22)28(35)30-21(4)27(34)32-25(17-20(2)3)29(36)37-23/h10-12,14-15,20-21,23-25H,5-9,13,16-19H2,1-4H3,(H,30,35)(H,31,33)(H,32,34)/t21?,23-,24?,25-/m1/s1. The van der Waals surface area contributed by atoms with E-state index in [1.807, 2.05) is 44.2 Å². The van der Waals surface area contributed by atoms with Crippen LogP contribution in [0.2, 0.25) is 0 Å². The summed E-state index contributed by atoms with van der Waals surface area (Å²) in [5, 5.41) is 8.28. The molecular formula is C29H45N3O5. The first-order valence-electron chi connectivity index (χ1n) is 13.8. The summed E-state index contributed by atoms with van der Waals surface area (Å²) < 4.78 is 5.82. The third kappa shape index (κ3) is 11.4. The molecule has 1 saturated heterocycles. The molecule has 3 amide bonds. The number of cyclic esters (lactones) is 1. The maximum atomic E-state index is 13.1. The summed E-state index contributed by atoms with van der Waals surface area (Å²) in [5.41, 5.74) is 0.886. The van der Waals surface area contributed by atoms with Gasteiger partial charge in [-0.1, -0.05) is 83.2 Å². The molecule has 1 fully saturated rings. The molecule has 2 rings (SSSR count). The summed E-state index contributed by atoms with van der Waals surface area (Å²) in [4.78, 5) is 52.2. The maximum Gasteiger partial charge on any atom is 0.328 e. The molecule has 2 unspecified atom stereocenters. The molecule has 3 N–H and O–H groups in total. The van der Waals surface area contributed by atoms with Crippen molar-refractivity contribution in [1.82, 2.24) is 16.0 Å². The van der Waals surface area contributed by atoms with Crippen molar-refractivity contribution in [3.05, 3.63) is 35.9 Å². The minimum atomic E-state index is -0.884. The van der Waals surface area contributed by atoms with Crippen molar-refractivity contribution in [3.63, 3.8) is 0 Å². The van der Waals surface area contributed by atoms with Gasteiger partial charge < -0.3 is 20.7 Å². The van der Waals surface area contributed by atoms with Crippen molar-refractivity contribution in [2.45, 2.75) is 116 Å². The second kappa shape index (κ2) is 16.0. The van der Waals surface area contributed by atoms with E-state index >= 15 is 0 Å². The minimum absolute atomic E-state index is 0.0306. The van der Waals surface area contributed by atoms with Gasteiger partial charge in [-0.15, -0.1) is 0 Å². The van der Waals surface area contributed by atoms with Gasteiger partial charge in [-0.2, -0.15) is 0 Å². The third-order valence-corrected chi connectivity index (χ3v) is 6.57. The number of amides is 3. The first kappa shape index (κ1) is 30.3. The number of esters is 1. The fraction of sp³-hybridized carbons (Fsp3) is 0.655. The van der Waals surface area contributed by atoms with Gasteiger partial charge in [0.2, 0.25) is 17.7 Å². The van der Waals surface area contributed by atoms with Crippen LogP contribution in [-0.2, 0) is 30.3 Å². The van der Waals surface area contributed by atoms with Gasteiger partial charge in [-0.05, 0) is 37.7 Å². The van der Waals surface area contributed by atoms with Crippen molar-refractivity contribution >= 4 is 23.7 Å². The van der Waals surface area contributed by atoms with Crippen LogP contribution in [0.25, 0.3) is 0 Å². The molecule has 8 heteroatoms. The van der Waals surface area contributed by atoms with E-state index in [4.69, 9.17) is 4.74 Å². The summed E-state index contributed by atoms with van der Waals surface area (Å²) in [6, 6.07) is 6.81. The predicted octanol–water partition coefficient (Wildman–Crippen LogP) is 3.82. The van der Waals surface area contributed by atoms with Crippen LogP contribution >= 0.6 is 0 Å². The summed E-state index contributed by atoms with van der Waals surface area (Å²) in [5.74, 6) is -1.67. The number of rotatable bonds is 11. The highest BCUT2D eigenvalue weighted by molar-refractivity contribution is 5.94. The molecule has 0 spiro atoms. The summed E-state index contributed by atoms with van der Waals surface area (Å²) in [6.07, 6.45) is 7.05. The zero-order valence-electron chi connectivity index (χ0n) is 22.9. The van der Waals surface area contributed by atoms with Crippen molar-refractivity contribution in [1.29, 1.82) is 0 Å². The summed E-state index contributed by atoms with van der Waals surface area (Å²) in [6.45, 7) is 7.65. The lowest BCUT2D eigenvalue weighted by Crippen LogP contribution is -2.55. The Balaban J connectivity index is 2.23. The Kier molecular flexibility index (Phi) is 13.2. The summed E-state index contributed by atoms with van der Waals surface area (Å²) in [7, 11) is 0. The lowest BCUT2D eigenvalue weighted by molar-refractivity contribution is -0.155. The predicted molar refractivity (Wildman–Crippen MR) is 144 cm³/mol. The number of carbonyl (C=O) groups excluding carboxylic acids is 4. The van der Waals surface area contributed by atoms with Crippen LogP contribution in [0.15, 0.2) is 30.3 Å². The van der Waals surface area contributed by atoms with Gasteiger partial charge in [-0.25, -0.2) is 4.79 Å². The normalized spacial score (nSPS) is 23.7. The van der Waals surface area contributed by atoms with Gasteiger partial charge in [0.1, 0.15) is 24.2 Å². The van der Waals surface area contributed by atoms with Gasteiger partial charge in [0.05, 0.1) is 6.42 Å². The molecule has 0 saturated carbocycles. The monoisotopic (exact) mass is 515 g/mol. The topological polar surface area (TPSA) is 114 Å². The Morgan fingerprint density at radius 2 is 1.54 bits per heavy atom. The van der Waals surface area contributed by atoms with Gasteiger partial charge in [0.25, 0.3) is 0 Å². The molecule has 0 aliphatic carbocycles. The number of hydrogen-bond acceptors (Lipinski definition) is 5. The van der Waals surface area contributed by atoms with E-state index in [1.54, 1.807) is 6.92 Å². The van der Waals surface area contributed by atoms with Gasteiger partial charge >= 0.3 is 5.97 Å². The molecule has 37 heavy (non-hydrogen) atoms. The number of unbranched alkanes of at least 4 members (excludes halogenated alkanes) is 5. The number of benzene rings is 1. The van der Waals surface area contributed by atoms with Crippen molar-refractivity contribution in [3.8, 4) is 0 Å². The molecule has 1 heterocycles. The zero-order chi connectivity index (χ0) is 27.2. The first-order chi connectivity index (χ1) is 17.7. The third-order valence-electron chi connectivity index (χ3n) is 6.57. The molecule has 8 nitrogen and oxygen atoms in total. The van der Waals surface area contributed by atoms with E-state index in [1.165, 1.54) is 19.3 Å². The second-order valence-corrected chi connectivity index (χ2v) is 10.6. The van der Waals surface area contributed by atoms with E-state index in [9.17, 15) is 19.2 Å². The quantitative estimate of drug-likeness (QED) is 0.306. The average Bonchev–Trinajstić information content (AvgIpc) is 2.85. The number of nitrogens with one attached hydrogen (secondary N) is 3. The largest absolute Gasteiger partial charge is 0.460 e. The van der Waals surface area contributed by atoms with Crippen LogP contribution in [-0.4, -0.2) is 47.9 Å². The Bertz CT molecular complexity index is 874. The molecule has 1 aliphatic heterocycles. The van der Waals surface area contributed by atoms with E-state index in [0.717, 1.165) is 24.8 Å². The molecule has 4 atom stereocenters. The molecular weight excluding hydrogens is 470 g/mol. The number of ether oxygens (including phenoxy) is 1. The van der Waals surface area contributed by atoms with E-state index < -0.39 is 42.0 Å². The zero-order valence-corrected chi connectivity index (χ0v) is 22.9. The Hall–Kier alpha value is -2.90. The Morgan fingerprint density at radius 1 is 0.865 bits per heavy atom. The van der Waals surface area contributed by atoms with Crippen LogP contribution in [0, 0.1) is 5.92 Å². The lowest BCUT2D eigenvalue weighted by Gasteiger charge is -2.24. The Morgan fingerprint density at radius 3 is 2.22 bits per heavy atom. The van der Waals surface area contributed by atoms with E-state index in [0.29, 0.717) is 12.8 Å². The van der Waals surface area contributed by atoms with Crippen LogP contribution < -0.4 is 16.0 Å². The molecule has 1 aliphatic rings. The van der Waals surface area contributed by atoms with Gasteiger partial charge in [-0.3, -0.25) is 14.4 Å². The van der Waals surface area contributed by atoms with Crippen molar-refractivity contribution in [2.75, 3.05) is 0 Å². The second-order valence-electron chi connectivity index (χ2n) is 10.6. The molecule has 0 aromatic heterocycles. The maximum absolute atomic E-state index is 13.1. The first-order valence-corrected chi connectivity index (χ1v) is 13.8. The van der Waals surface area contributed by atoms with Crippen LogP contribution in [0.1, 0.15) is 91.0 Å². The highest BCUT2D eigenvalue weighted by atomic mass is 16.5. The molecule has 206 valence electrons. The van der Waals surface area contributed by atoms with Gasteiger partial charge in [0.15, 0.2) is 0 Å². The van der Waals surface area contributed by atoms with Crippen molar-refractivity contribution in [2.24, 2.45) is 5.92 Å². The van der Waals surface area contributed by atoms with Gasteiger partial charge in [0, 0.05) is 6.42 Å². The lowest BCUT2D eigenvalue weighted by atomic mass is 10.0. The number of carbonyl (C=O) groups is 4. The molecule has 0 bridgehead atoms. The van der Waals surface area contributed by atoms with Crippen molar-refractivity contribution < 1.29 is 23.9 Å². The fourth-order valence-corrected chi connectivity index (χ4v) is 4.48. The fourth-order valence-electron chi connectivity index (χ4n) is 4.48. The highest BCUT2D eigenvalue weighted by Crippen LogP contribution is 2.16. The molecule has 0 radical (unpaired) electrons. The molecule has 1 aromatic rings. The van der Waals surface area contributed by atoms with Crippen LogP contribution in [0.3, 0.4) is 0 Å². The highest BCUT2D eigenvalue weighted by Gasteiger charge is 2.32. The average molecular weight is 516 g/mol. The van der Waals surface area contributed by atoms with Crippen LogP contribution in [0.5, 0.6) is 0 Å². The smallest absolute Gasteiger partial charge is 0.328 e. The summed E-state index contributed by atoms with van der Waals surface area (Å²) >= 11 is 0. The van der Waals surface area contributed by atoms with E-state index in [-0.39, 0.29) is 24.7 Å². The SMILES string of the molecule is CCCCCCCC[C@@H]1CC(=O)NC(Cc2ccccc2)C(=O)NC(C)C(=O)N[C@H](CC(C)C)C(=O)O1. The van der Waals surface area contributed by atoms with Crippen LogP contribution in [0.4, 0.5) is 0 Å². The number of hydrogen-bond donors (Lipinski definition) is 3. The minimum Gasteiger partial charge on any atom is -0.460 e. The molecule has 1 aromatic carbocycles.